The van der Waals surface area contributed by atoms with Crippen molar-refractivity contribution in [2.45, 2.75) is 19.7 Å². The van der Waals surface area contributed by atoms with Gasteiger partial charge in [0.2, 0.25) is 0 Å². The Bertz CT molecular complexity index is 1230. The van der Waals surface area contributed by atoms with Gasteiger partial charge in [0.05, 0.1) is 22.3 Å². The Morgan fingerprint density at radius 3 is 2.42 bits per heavy atom. The smallest absolute Gasteiger partial charge is 0.377 e. The summed E-state index contributed by atoms with van der Waals surface area (Å²) in [6.07, 6.45) is -2.70. The van der Waals surface area contributed by atoms with Gasteiger partial charge in [-0.25, -0.2) is 15.0 Å². The van der Waals surface area contributed by atoms with E-state index in [9.17, 15) is 13.2 Å². The Hall–Kier alpha value is -3.59. The van der Waals surface area contributed by atoms with Gasteiger partial charge in [-0.3, -0.25) is 4.98 Å². The zero-order valence-corrected chi connectivity index (χ0v) is 16.7. The topological polar surface area (TPSA) is 72.8 Å². The monoisotopic (exact) mass is 425 g/mol. The SMILES string of the molecule is COCc1nc(Nc2ccc(C(F)(F)F)cc2)c2ccc(-c3ncccc3C)nc2n1. The number of methoxy groups -OCH3 is 1. The molecule has 0 atom stereocenters. The van der Waals surface area contributed by atoms with E-state index in [-0.39, 0.29) is 6.61 Å². The first-order chi connectivity index (χ1) is 14.8. The number of nitrogens with one attached hydrogen (secondary N) is 1. The van der Waals surface area contributed by atoms with E-state index in [1.807, 2.05) is 31.2 Å². The number of nitrogens with zero attached hydrogens (tertiary/aromatic N) is 4. The number of aromatic nitrogens is 4. The lowest BCUT2D eigenvalue weighted by Gasteiger charge is -2.12. The van der Waals surface area contributed by atoms with Crippen molar-refractivity contribution in [3.05, 3.63) is 71.7 Å². The van der Waals surface area contributed by atoms with Gasteiger partial charge in [-0.2, -0.15) is 13.2 Å². The molecule has 9 heteroatoms. The molecular weight excluding hydrogens is 407 g/mol. The summed E-state index contributed by atoms with van der Waals surface area (Å²) in [4.78, 5) is 18.0. The molecule has 4 aromatic rings. The lowest BCUT2D eigenvalue weighted by Crippen LogP contribution is -2.06. The molecule has 0 bridgehead atoms. The average Bonchev–Trinajstić information content (AvgIpc) is 2.74. The quantitative estimate of drug-likeness (QED) is 0.468. The molecular formula is C22H18F3N5O. The first-order valence-corrected chi connectivity index (χ1v) is 9.38. The standard InChI is InChI=1S/C22H18F3N5O/c1-13-4-3-11-26-19(13)17-10-9-16-20(29-18(12-31-2)30-21(16)28-17)27-15-7-5-14(6-8-15)22(23,24)25/h3-11H,12H2,1-2H3,(H,27,28,29,30). The van der Waals surface area contributed by atoms with Crippen LogP contribution in [0.2, 0.25) is 0 Å². The molecule has 3 heterocycles. The van der Waals surface area contributed by atoms with E-state index < -0.39 is 11.7 Å². The molecule has 0 saturated heterocycles. The third kappa shape index (κ3) is 4.46. The second-order valence-electron chi connectivity index (χ2n) is 6.86. The van der Waals surface area contributed by atoms with E-state index in [1.54, 1.807) is 6.20 Å². The molecule has 158 valence electrons. The second-order valence-corrected chi connectivity index (χ2v) is 6.86. The van der Waals surface area contributed by atoms with Crippen LogP contribution in [0.5, 0.6) is 0 Å². The number of pyridine rings is 2. The Morgan fingerprint density at radius 2 is 1.74 bits per heavy atom. The highest BCUT2D eigenvalue weighted by molar-refractivity contribution is 5.90. The van der Waals surface area contributed by atoms with Crippen LogP contribution in [0.3, 0.4) is 0 Å². The van der Waals surface area contributed by atoms with E-state index in [2.05, 4.69) is 25.3 Å². The third-order valence-corrected chi connectivity index (χ3v) is 4.61. The number of hydrogen-bond donors (Lipinski definition) is 1. The maximum Gasteiger partial charge on any atom is 0.416 e. The van der Waals surface area contributed by atoms with E-state index >= 15 is 0 Å². The molecule has 4 rings (SSSR count). The number of fused-ring (bicyclic) bond motifs is 1. The van der Waals surface area contributed by atoms with Crippen LogP contribution in [0.25, 0.3) is 22.4 Å². The highest BCUT2D eigenvalue weighted by Gasteiger charge is 2.30. The van der Waals surface area contributed by atoms with Crippen molar-refractivity contribution in [3.8, 4) is 11.4 Å². The molecule has 0 amide bonds. The summed E-state index contributed by atoms with van der Waals surface area (Å²) >= 11 is 0. The van der Waals surface area contributed by atoms with Crippen LogP contribution in [0.1, 0.15) is 17.0 Å². The van der Waals surface area contributed by atoms with Crippen molar-refractivity contribution in [3.63, 3.8) is 0 Å². The number of halogens is 3. The molecule has 0 spiro atoms. The van der Waals surface area contributed by atoms with Gasteiger partial charge in [-0.15, -0.1) is 0 Å². The third-order valence-electron chi connectivity index (χ3n) is 4.61. The first kappa shape index (κ1) is 20.7. The molecule has 0 radical (unpaired) electrons. The fourth-order valence-electron chi connectivity index (χ4n) is 3.11. The van der Waals surface area contributed by atoms with Crippen molar-refractivity contribution in [1.82, 2.24) is 19.9 Å². The summed E-state index contributed by atoms with van der Waals surface area (Å²) in [7, 11) is 1.53. The van der Waals surface area contributed by atoms with Gasteiger partial charge in [0.25, 0.3) is 0 Å². The molecule has 3 aromatic heterocycles. The van der Waals surface area contributed by atoms with Crippen LogP contribution in [0, 0.1) is 6.92 Å². The summed E-state index contributed by atoms with van der Waals surface area (Å²) in [6, 6.07) is 12.2. The van der Waals surface area contributed by atoms with Crippen molar-refractivity contribution in [1.29, 1.82) is 0 Å². The van der Waals surface area contributed by atoms with Crippen LogP contribution in [0.15, 0.2) is 54.7 Å². The number of anilines is 2. The molecule has 31 heavy (non-hydrogen) atoms. The minimum absolute atomic E-state index is 0.159. The highest BCUT2D eigenvalue weighted by Crippen LogP contribution is 2.31. The lowest BCUT2D eigenvalue weighted by molar-refractivity contribution is -0.137. The zero-order valence-electron chi connectivity index (χ0n) is 16.7. The minimum Gasteiger partial charge on any atom is -0.377 e. The molecule has 6 nitrogen and oxygen atoms in total. The maximum absolute atomic E-state index is 12.8. The largest absolute Gasteiger partial charge is 0.416 e. The molecule has 0 saturated carbocycles. The predicted octanol–water partition coefficient (Wildman–Crippen LogP) is 5.30. The summed E-state index contributed by atoms with van der Waals surface area (Å²) < 4.78 is 43.6. The number of ether oxygens (including phenoxy) is 1. The molecule has 0 aliphatic carbocycles. The number of aryl methyl sites for hydroxylation is 1. The molecule has 0 fully saturated rings. The van der Waals surface area contributed by atoms with Gasteiger partial charge in [-0.05, 0) is 55.0 Å². The molecule has 0 aliphatic heterocycles. The maximum atomic E-state index is 12.8. The summed E-state index contributed by atoms with van der Waals surface area (Å²) in [6.45, 7) is 2.11. The van der Waals surface area contributed by atoms with Gasteiger partial charge >= 0.3 is 6.18 Å². The Balaban J connectivity index is 1.76. The summed E-state index contributed by atoms with van der Waals surface area (Å²) in [5.41, 5.74) is 2.55. The Labute approximate surface area is 176 Å². The van der Waals surface area contributed by atoms with Gasteiger partial charge in [0.1, 0.15) is 12.4 Å². The van der Waals surface area contributed by atoms with E-state index in [4.69, 9.17) is 4.74 Å². The second kappa shape index (κ2) is 8.27. The van der Waals surface area contributed by atoms with E-state index in [0.29, 0.717) is 34.1 Å². The van der Waals surface area contributed by atoms with Gasteiger partial charge in [-0.1, -0.05) is 6.07 Å². The zero-order chi connectivity index (χ0) is 22.0. The normalized spacial score (nSPS) is 11.6. The molecule has 0 aliphatic rings. The van der Waals surface area contributed by atoms with E-state index in [0.717, 1.165) is 23.4 Å². The van der Waals surface area contributed by atoms with Crippen molar-refractivity contribution >= 4 is 22.5 Å². The van der Waals surface area contributed by atoms with Crippen LogP contribution < -0.4 is 5.32 Å². The average molecular weight is 425 g/mol. The summed E-state index contributed by atoms with van der Waals surface area (Å²) in [5, 5.41) is 3.69. The van der Waals surface area contributed by atoms with Crippen LogP contribution in [0.4, 0.5) is 24.7 Å². The fraction of sp³-hybridized carbons (Fsp3) is 0.182. The van der Waals surface area contributed by atoms with Crippen LogP contribution >= 0.6 is 0 Å². The minimum atomic E-state index is -4.39. The van der Waals surface area contributed by atoms with Crippen molar-refractivity contribution in [2.75, 3.05) is 12.4 Å². The highest BCUT2D eigenvalue weighted by atomic mass is 19.4. The van der Waals surface area contributed by atoms with Crippen LogP contribution in [-0.2, 0) is 17.5 Å². The molecule has 0 unspecified atom stereocenters. The number of hydrogen-bond acceptors (Lipinski definition) is 6. The van der Waals surface area contributed by atoms with Gasteiger partial charge < -0.3 is 10.1 Å². The lowest BCUT2D eigenvalue weighted by atomic mass is 10.1. The molecule has 1 N–H and O–H groups in total. The number of alkyl halides is 3. The van der Waals surface area contributed by atoms with Crippen LogP contribution in [-0.4, -0.2) is 27.0 Å². The molecule has 1 aromatic carbocycles. The first-order valence-electron chi connectivity index (χ1n) is 9.38. The van der Waals surface area contributed by atoms with E-state index in [1.165, 1.54) is 19.2 Å². The van der Waals surface area contributed by atoms with Crippen molar-refractivity contribution in [2.24, 2.45) is 0 Å². The predicted molar refractivity (Wildman–Crippen MR) is 111 cm³/mol. The fourth-order valence-corrected chi connectivity index (χ4v) is 3.11. The Morgan fingerprint density at radius 1 is 0.968 bits per heavy atom. The summed E-state index contributed by atoms with van der Waals surface area (Å²) in [5.74, 6) is 0.820. The number of rotatable bonds is 5. The van der Waals surface area contributed by atoms with Gasteiger partial charge in [0.15, 0.2) is 11.5 Å². The Kier molecular flexibility index (Phi) is 5.51. The van der Waals surface area contributed by atoms with Gasteiger partial charge in [0, 0.05) is 19.0 Å². The number of benzene rings is 1. The van der Waals surface area contributed by atoms with Crippen molar-refractivity contribution < 1.29 is 17.9 Å².